The van der Waals surface area contributed by atoms with Gasteiger partial charge in [0.05, 0.1) is 0 Å². The molecule has 0 atom stereocenters. The molecule has 0 bridgehead atoms. The molecule has 1 heterocycles. The summed E-state index contributed by atoms with van der Waals surface area (Å²) in [6, 6.07) is 15.2. The van der Waals surface area contributed by atoms with Crippen LogP contribution in [-0.4, -0.2) is 44.3 Å². The van der Waals surface area contributed by atoms with Crippen LogP contribution in [0.4, 0.5) is 0 Å². The van der Waals surface area contributed by atoms with E-state index in [4.69, 9.17) is 0 Å². The maximum atomic E-state index is 3.57. The van der Waals surface area contributed by atoms with Crippen LogP contribution in [0.1, 0.15) is 5.56 Å². The number of hydrogen-bond acceptors (Lipinski definition) is 3. The van der Waals surface area contributed by atoms with Crippen LogP contribution in [-0.2, 0) is 6.42 Å². The van der Waals surface area contributed by atoms with Gasteiger partial charge in [-0.05, 0) is 22.8 Å². The molecule has 0 aliphatic carbocycles. The van der Waals surface area contributed by atoms with E-state index in [0.717, 1.165) is 45.8 Å². The summed E-state index contributed by atoms with van der Waals surface area (Å²) >= 11 is 0. The van der Waals surface area contributed by atoms with Gasteiger partial charge in [-0.1, -0.05) is 42.5 Å². The van der Waals surface area contributed by atoms with Crippen molar-refractivity contribution in [3.8, 4) is 0 Å². The first kappa shape index (κ1) is 13.6. The zero-order chi connectivity index (χ0) is 13.6. The highest BCUT2D eigenvalue weighted by molar-refractivity contribution is 5.85. The van der Waals surface area contributed by atoms with Crippen molar-refractivity contribution in [3.05, 3.63) is 48.0 Å². The minimum absolute atomic E-state index is 1.01. The molecule has 1 fully saturated rings. The molecule has 0 aromatic heterocycles. The molecule has 1 aliphatic rings. The molecule has 106 valence electrons. The van der Waals surface area contributed by atoms with E-state index in [-0.39, 0.29) is 0 Å². The summed E-state index contributed by atoms with van der Waals surface area (Å²) < 4.78 is 0. The number of nitrogens with one attached hydrogen (secondary N) is 2. The third-order valence-electron chi connectivity index (χ3n) is 4.00. The Balaban J connectivity index is 1.52. The third-order valence-corrected chi connectivity index (χ3v) is 4.00. The number of benzene rings is 2. The van der Waals surface area contributed by atoms with E-state index in [1.54, 1.807) is 0 Å². The molecule has 0 radical (unpaired) electrons. The van der Waals surface area contributed by atoms with E-state index in [2.05, 4.69) is 58.0 Å². The zero-order valence-electron chi connectivity index (χ0n) is 11.9. The molecule has 1 aliphatic heterocycles. The molecule has 2 N–H and O–H groups in total. The Hall–Kier alpha value is -1.42. The van der Waals surface area contributed by atoms with Crippen molar-refractivity contribution in [2.24, 2.45) is 0 Å². The Bertz CT molecular complexity index is 541. The minimum atomic E-state index is 1.01. The van der Waals surface area contributed by atoms with Crippen LogP contribution >= 0.6 is 0 Å². The summed E-state index contributed by atoms with van der Waals surface area (Å²) in [5, 5.41) is 9.68. The minimum Gasteiger partial charge on any atom is -0.314 e. The van der Waals surface area contributed by atoms with Gasteiger partial charge in [-0.25, -0.2) is 0 Å². The summed E-state index contributed by atoms with van der Waals surface area (Å²) in [6.07, 6.45) is 1.09. The van der Waals surface area contributed by atoms with E-state index >= 15 is 0 Å². The standard InChI is InChI=1S/C17H23N3/c1-2-7-17-15(4-1)5-3-6-16(17)8-9-19-14-20-12-10-18-11-13-20/h1-7,18-19H,8-14H2. The van der Waals surface area contributed by atoms with Gasteiger partial charge < -0.3 is 10.6 Å². The molecule has 3 heteroatoms. The van der Waals surface area contributed by atoms with Crippen LogP contribution in [0.3, 0.4) is 0 Å². The molecular formula is C17H23N3. The van der Waals surface area contributed by atoms with Gasteiger partial charge in [-0.3, -0.25) is 4.90 Å². The highest BCUT2D eigenvalue weighted by atomic mass is 15.2. The van der Waals surface area contributed by atoms with E-state index in [0.29, 0.717) is 0 Å². The van der Waals surface area contributed by atoms with Crippen LogP contribution in [0, 0.1) is 0 Å². The molecule has 1 saturated heterocycles. The number of fused-ring (bicyclic) bond motifs is 1. The Kier molecular flexibility index (Phi) is 4.64. The number of hydrogen-bond donors (Lipinski definition) is 2. The van der Waals surface area contributed by atoms with Crippen LogP contribution in [0.2, 0.25) is 0 Å². The fraction of sp³-hybridized carbons (Fsp3) is 0.412. The fourth-order valence-corrected chi connectivity index (χ4v) is 2.84. The van der Waals surface area contributed by atoms with Crippen molar-refractivity contribution in [2.45, 2.75) is 6.42 Å². The monoisotopic (exact) mass is 269 g/mol. The van der Waals surface area contributed by atoms with Gasteiger partial charge in [0.25, 0.3) is 0 Å². The lowest BCUT2D eigenvalue weighted by Gasteiger charge is -2.27. The second-order valence-corrected chi connectivity index (χ2v) is 5.41. The smallest absolute Gasteiger partial charge is 0.0481 e. The third kappa shape index (κ3) is 3.37. The first-order chi connectivity index (χ1) is 9.93. The quantitative estimate of drug-likeness (QED) is 0.811. The van der Waals surface area contributed by atoms with Crippen molar-refractivity contribution in [2.75, 3.05) is 39.4 Å². The summed E-state index contributed by atoms with van der Waals surface area (Å²) in [4.78, 5) is 2.47. The first-order valence-corrected chi connectivity index (χ1v) is 7.54. The first-order valence-electron chi connectivity index (χ1n) is 7.54. The fourth-order valence-electron chi connectivity index (χ4n) is 2.84. The molecule has 2 aromatic carbocycles. The number of piperazine rings is 1. The molecule has 0 saturated carbocycles. The summed E-state index contributed by atoms with van der Waals surface area (Å²) in [5.41, 5.74) is 1.44. The zero-order valence-corrected chi connectivity index (χ0v) is 11.9. The molecular weight excluding hydrogens is 246 g/mol. The highest BCUT2D eigenvalue weighted by Gasteiger charge is 2.08. The molecule has 0 amide bonds. The number of nitrogens with zero attached hydrogens (tertiary/aromatic N) is 1. The SMILES string of the molecule is c1ccc2c(CCNCN3CCNCC3)cccc2c1. The summed E-state index contributed by atoms with van der Waals surface area (Å²) in [5.74, 6) is 0. The van der Waals surface area contributed by atoms with Crippen LogP contribution in [0.5, 0.6) is 0 Å². The Morgan fingerprint density at radius 3 is 2.70 bits per heavy atom. The number of rotatable bonds is 5. The molecule has 0 unspecified atom stereocenters. The average Bonchev–Trinajstić information content (AvgIpc) is 2.53. The summed E-state index contributed by atoms with van der Waals surface area (Å²) in [7, 11) is 0. The van der Waals surface area contributed by atoms with Crippen molar-refractivity contribution in [1.29, 1.82) is 0 Å². The van der Waals surface area contributed by atoms with E-state index in [1.807, 2.05) is 0 Å². The van der Waals surface area contributed by atoms with Gasteiger partial charge in [0.2, 0.25) is 0 Å². The van der Waals surface area contributed by atoms with Gasteiger partial charge >= 0.3 is 0 Å². The second-order valence-electron chi connectivity index (χ2n) is 5.41. The largest absolute Gasteiger partial charge is 0.314 e. The lowest BCUT2D eigenvalue weighted by atomic mass is 10.0. The van der Waals surface area contributed by atoms with Crippen molar-refractivity contribution < 1.29 is 0 Å². The normalized spacial score (nSPS) is 16.6. The van der Waals surface area contributed by atoms with E-state index < -0.39 is 0 Å². The van der Waals surface area contributed by atoms with Gasteiger partial charge in [0, 0.05) is 39.4 Å². The lowest BCUT2D eigenvalue weighted by molar-refractivity contribution is 0.224. The van der Waals surface area contributed by atoms with Crippen molar-refractivity contribution >= 4 is 10.8 Å². The second kappa shape index (κ2) is 6.84. The summed E-state index contributed by atoms with van der Waals surface area (Å²) in [6.45, 7) is 6.59. The van der Waals surface area contributed by atoms with Crippen LogP contribution < -0.4 is 10.6 Å². The predicted molar refractivity (Wildman–Crippen MR) is 85.0 cm³/mol. The predicted octanol–water partition coefficient (Wildman–Crippen LogP) is 1.83. The van der Waals surface area contributed by atoms with Crippen molar-refractivity contribution in [3.63, 3.8) is 0 Å². The van der Waals surface area contributed by atoms with Gasteiger partial charge in [-0.15, -0.1) is 0 Å². The van der Waals surface area contributed by atoms with Crippen molar-refractivity contribution in [1.82, 2.24) is 15.5 Å². The Morgan fingerprint density at radius 1 is 1.00 bits per heavy atom. The lowest BCUT2D eigenvalue weighted by Crippen LogP contribution is -2.47. The maximum Gasteiger partial charge on any atom is 0.0481 e. The van der Waals surface area contributed by atoms with E-state index in [1.165, 1.54) is 16.3 Å². The van der Waals surface area contributed by atoms with E-state index in [9.17, 15) is 0 Å². The maximum absolute atomic E-state index is 3.57. The van der Waals surface area contributed by atoms with Crippen LogP contribution in [0.25, 0.3) is 10.8 Å². The van der Waals surface area contributed by atoms with Crippen LogP contribution in [0.15, 0.2) is 42.5 Å². The Labute approximate surface area is 121 Å². The van der Waals surface area contributed by atoms with Gasteiger partial charge in [0.1, 0.15) is 0 Å². The Morgan fingerprint density at radius 2 is 1.80 bits per heavy atom. The molecule has 20 heavy (non-hydrogen) atoms. The van der Waals surface area contributed by atoms with Gasteiger partial charge in [0.15, 0.2) is 0 Å². The molecule has 0 spiro atoms. The molecule has 2 aromatic rings. The topological polar surface area (TPSA) is 27.3 Å². The average molecular weight is 269 g/mol. The molecule has 3 rings (SSSR count). The highest BCUT2D eigenvalue weighted by Crippen LogP contribution is 2.18. The van der Waals surface area contributed by atoms with Gasteiger partial charge in [-0.2, -0.15) is 0 Å². The molecule has 3 nitrogen and oxygen atoms in total.